The van der Waals surface area contributed by atoms with Gasteiger partial charge in [0, 0.05) is 5.56 Å². The molecule has 0 fully saturated rings. The highest BCUT2D eigenvalue weighted by atomic mass is 16.3. The van der Waals surface area contributed by atoms with E-state index in [1.54, 1.807) is 36.4 Å². The Morgan fingerprint density at radius 1 is 0.833 bits per heavy atom. The van der Waals surface area contributed by atoms with Crippen LogP contribution in [0, 0.1) is 4.91 Å². The molecule has 0 radical (unpaired) electrons. The molecule has 2 rings (SSSR count). The second-order valence-corrected chi connectivity index (χ2v) is 3.48. The molecule has 0 aromatic heterocycles. The van der Waals surface area contributed by atoms with Crippen LogP contribution in [0.25, 0.3) is 0 Å². The van der Waals surface area contributed by atoms with Gasteiger partial charge in [-0.3, -0.25) is 4.79 Å². The third kappa shape index (κ3) is 2.91. The number of carbonyl (C=O) groups excluding carboxylic acids is 1. The number of hydrogen-bond acceptors (Lipinski definition) is 4. The lowest BCUT2D eigenvalue weighted by Crippen LogP contribution is -1.91. The minimum atomic E-state index is -0.409. The van der Waals surface area contributed by atoms with Gasteiger partial charge in [-0.05, 0) is 41.6 Å². The van der Waals surface area contributed by atoms with E-state index in [2.05, 4.69) is 15.4 Å². The van der Waals surface area contributed by atoms with Crippen molar-refractivity contribution in [2.75, 3.05) is 0 Å². The lowest BCUT2D eigenvalue weighted by Gasteiger charge is -1.93. The summed E-state index contributed by atoms with van der Waals surface area (Å²) in [5.74, 6) is -0.409. The first-order chi connectivity index (χ1) is 8.79. The molecule has 0 aliphatic carbocycles. The maximum Gasteiger partial charge on any atom is 0.295 e. The van der Waals surface area contributed by atoms with Crippen LogP contribution in [0.5, 0.6) is 0 Å². The average Bonchev–Trinajstić information content (AvgIpc) is 2.46. The molecule has 5 heteroatoms. The molecule has 0 aliphatic heterocycles. The lowest BCUT2D eigenvalue weighted by molar-refractivity contribution is 0.0995. The summed E-state index contributed by atoms with van der Waals surface area (Å²) in [6.45, 7) is 0. The van der Waals surface area contributed by atoms with E-state index in [4.69, 9.17) is 0 Å². The van der Waals surface area contributed by atoms with E-state index in [-0.39, 0.29) is 0 Å². The van der Waals surface area contributed by atoms with E-state index in [1.807, 2.05) is 6.07 Å². The summed E-state index contributed by atoms with van der Waals surface area (Å²) in [6, 6.07) is 14.8. The van der Waals surface area contributed by atoms with Crippen molar-refractivity contribution >= 4 is 17.3 Å². The average molecular weight is 239 g/mol. The molecule has 5 nitrogen and oxygen atoms in total. The molecule has 88 valence electrons. The Labute approximate surface area is 103 Å². The fourth-order valence-electron chi connectivity index (χ4n) is 1.32. The van der Waals surface area contributed by atoms with Gasteiger partial charge in [-0.25, -0.2) is 0 Å². The first kappa shape index (κ1) is 11.8. The molecular weight excluding hydrogens is 230 g/mol. The zero-order chi connectivity index (χ0) is 12.8. The monoisotopic (exact) mass is 239 g/mol. The number of nitrogens with zero attached hydrogens (tertiary/aromatic N) is 3. The van der Waals surface area contributed by atoms with Crippen molar-refractivity contribution in [1.29, 1.82) is 0 Å². The number of carbonyl (C=O) groups is 1. The summed E-state index contributed by atoms with van der Waals surface area (Å²) in [5, 5.41) is 10.2. The Morgan fingerprint density at radius 3 is 2.06 bits per heavy atom. The standard InChI is InChI=1S/C13H9N3O2/c17-13(10-4-2-1-3-5-10)15-14-11-6-8-12(16-18)9-7-11/h1-9H. The molecule has 2 aromatic carbocycles. The van der Waals surface area contributed by atoms with Gasteiger partial charge in [0.05, 0.1) is 5.69 Å². The fraction of sp³-hybridized carbons (Fsp3) is 0. The molecule has 0 atom stereocenters. The molecule has 0 saturated heterocycles. The fourth-order valence-corrected chi connectivity index (χ4v) is 1.32. The lowest BCUT2D eigenvalue weighted by atomic mass is 10.2. The third-order valence-corrected chi connectivity index (χ3v) is 2.23. The van der Waals surface area contributed by atoms with Gasteiger partial charge < -0.3 is 0 Å². The first-order valence-corrected chi connectivity index (χ1v) is 5.24. The molecule has 0 heterocycles. The van der Waals surface area contributed by atoms with Crippen LogP contribution in [-0.2, 0) is 0 Å². The summed E-state index contributed by atoms with van der Waals surface area (Å²) in [6.07, 6.45) is 0. The quantitative estimate of drug-likeness (QED) is 0.599. The van der Waals surface area contributed by atoms with Crippen LogP contribution < -0.4 is 0 Å². The largest absolute Gasteiger partial charge is 0.295 e. The highest BCUT2D eigenvalue weighted by Gasteiger charge is 2.02. The van der Waals surface area contributed by atoms with Crippen molar-refractivity contribution in [3.8, 4) is 0 Å². The molecule has 0 aliphatic rings. The second-order valence-electron chi connectivity index (χ2n) is 3.48. The number of benzene rings is 2. The minimum absolute atomic E-state index is 0.309. The summed E-state index contributed by atoms with van der Waals surface area (Å²) in [4.78, 5) is 21.8. The first-order valence-electron chi connectivity index (χ1n) is 5.24. The molecule has 0 N–H and O–H groups in total. The van der Waals surface area contributed by atoms with E-state index in [0.29, 0.717) is 16.9 Å². The smallest absolute Gasteiger partial charge is 0.265 e. The SMILES string of the molecule is O=Nc1ccc(N=NC(=O)c2ccccc2)cc1. The van der Waals surface area contributed by atoms with Crippen LogP contribution >= 0.6 is 0 Å². The Balaban J connectivity index is 2.11. The van der Waals surface area contributed by atoms with Crippen LogP contribution in [0.3, 0.4) is 0 Å². The Bertz CT molecular complexity index is 577. The molecule has 2 aromatic rings. The third-order valence-electron chi connectivity index (χ3n) is 2.23. The number of azo groups is 1. The maximum atomic E-state index is 11.6. The predicted molar refractivity (Wildman–Crippen MR) is 67.2 cm³/mol. The number of amides is 1. The Kier molecular flexibility index (Phi) is 3.66. The zero-order valence-electron chi connectivity index (χ0n) is 9.35. The van der Waals surface area contributed by atoms with E-state index in [9.17, 15) is 9.70 Å². The van der Waals surface area contributed by atoms with Gasteiger partial charge in [-0.2, -0.15) is 0 Å². The minimum Gasteiger partial charge on any atom is -0.265 e. The van der Waals surface area contributed by atoms with Gasteiger partial charge in [-0.15, -0.1) is 15.1 Å². The topological polar surface area (TPSA) is 71.2 Å². The Morgan fingerprint density at radius 2 is 1.44 bits per heavy atom. The van der Waals surface area contributed by atoms with Gasteiger partial charge in [0.1, 0.15) is 5.69 Å². The predicted octanol–water partition coefficient (Wildman–Crippen LogP) is 4.01. The summed E-state index contributed by atoms with van der Waals surface area (Å²) in [5.41, 5.74) is 1.28. The molecule has 0 bridgehead atoms. The normalized spacial score (nSPS) is 10.4. The molecule has 0 spiro atoms. The number of rotatable bonds is 3. The van der Waals surface area contributed by atoms with Crippen molar-refractivity contribution in [3.05, 3.63) is 65.1 Å². The van der Waals surface area contributed by atoms with Gasteiger partial charge in [0.25, 0.3) is 5.91 Å². The molecule has 0 saturated carbocycles. The van der Waals surface area contributed by atoms with E-state index in [1.165, 1.54) is 12.1 Å². The van der Waals surface area contributed by atoms with Crippen molar-refractivity contribution in [1.82, 2.24) is 0 Å². The van der Waals surface area contributed by atoms with E-state index in [0.717, 1.165) is 0 Å². The van der Waals surface area contributed by atoms with Gasteiger partial charge in [0.2, 0.25) is 0 Å². The number of nitroso groups, excluding NO2 is 1. The van der Waals surface area contributed by atoms with Gasteiger partial charge >= 0.3 is 0 Å². The van der Waals surface area contributed by atoms with Crippen LogP contribution in [0.1, 0.15) is 10.4 Å². The number of hydrogen-bond donors (Lipinski definition) is 0. The molecule has 18 heavy (non-hydrogen) atoms. The van der Waals surface area contributed by atoms with E-state index >= 15 is 0 Å². The second kappa shape index (κ2) is 5.58. The van der Waals surface area contributed by atoms with Crippen molar-refractivity contribution < 1.29 is 4.79 Å². The Hall–Kier alpha value is -2.69. The van der Waals surface area contributed by atoms with Crippen LogP contribution in [0.4, 0.5) is 11.4 Å². The summed E-state index contributed by atoms with van der Waals surface area (Å²) in [7, 11) is 0. The maximum absolute atomic E-state index is 11.6. The van der Waals surface area contributed by atoms with Gasteiger partial charge in [-0.1, -0.05) is 18.2 Å². The molecule has 1 amide bonds. The molecule has 0 unspecified atom stereocenters. The molecular formula is C13H9N3O2. The highest BCUT2D eigenvalue weighted by molar-refractivity contribution is 5.94. The van der Waals surface area contributed by atoms with Gasteiger partial charge in [0.15, 0.2) is 0 Å². The summed E-state index contributed by atoms with van der Waals surface area (Å²) >= 11 is 0. The zero-order valence-corrected chi connectivity index (χ0v) is 9.35. The van der Waals surface area contributed by atoms with Crippen molar-refractivity contribution in [3.63, 3.8) is 0 Å². The van der Waals surface area contributed by atoms with Crippen LogP contribution in [0.2, 0.25) is 0 Å². The van der Waals surface area contributed by atoms with E-state index < -0.39 is 5.91 Å². The highest BCUT2D eigenvalue weighted by Crippen LogP contribution is 2.18. The van der Waals surface area contributed by atoms with Crippen molar-refractivity contribution in [2.45, 2.75) is 0 Å². The van der Waals surface area contributed by atoms with Crippen LogP contribution in [0.15, 0.2) is 70.0 Å². The summed E-state index contributed by atoms with van der Waals surface area (Å²) < 4.78 is 0. The van der Waals surface area contributed by atoms with Crippen molar-refractivity contribution in [2.24, 2.45) is 15.4 Å². The van der Waals surface area contributed by atoms with Crippen LogP contribution in [-0.4, -0.2) is 5.91 Å².